The van der Waals surface area contributed by atoms with Crippen LogP contribution in [0.25, 0.3) is 21.8 Å². The standard InChI is InChI=1S/C26H22N2O4S/c1-2-28-23-11-7-6-10-21(23)22-16-18(12-14-24(22)28)27-26(29)25-15-13-19(32-25)17-33(30,31)20-8-4-3-5-9-20/h3-16H,2,17H2,1H3,(H,27,29). The molecule has 1 amide bonds. The Bertz CT molecular complexity index is 1580. The molecule has 5 rings (SSSR count). The lowest BCUT2D eigenvalue weighted by Gasteiger charge is -2.06. The Morgan fingerprint density at radius 2 is 1.61 bits per heavy atom. The topological polar surface area (TPSA) is 81.3 Å². The maximum Gasteiger partial charge on any atom is 0.291 e. The number of rotatable bonds is 6. The van der Waals surface area contributed by atoms with Gasteiger partial charge in [-0.1, -0.05) is 36.4 Å². The van der Waals surface area contributed by atoms with Crippen molar-refractivity contribution in [3.63, 3.8) is 0 Å². The van der Waals surface area contributed by atoms with Crippen LogP contribution in [0.2, 0.25) is 0 Å². The molecule has 0 spiro atoms. The molecule has 0 radical (unpaired) electrons. The number of sulfone groups is 1. The highest BCUT2D eigenvalue weighted by atomic mass is 32.2. The molecule has 0 aliphatic rings. The normalized spacial score (nSPS) is 11.8. The van der Waals surface area contributed by atoms with Crippen LogP contribution >= 0.6 is 0 Å². The fourth-order valence-corrected chi connectivity index (χ4v) is 5.41. The number of nitrogens with zero attached hydrogens (tertiary/aromatic N) is 1. The maximum atomic E-state index is 12.8. The second kappa shape index (κ2) is 8.26. The lowest BCUT2D eigenvalue weighted by molar-refractivity contribution is 0.0995. The zero-order valence-electron chi connectivity index (χ0n) is 18.0. The van der Waals surface area contributed by atoms with Crippen LogP contribution in [0.1, 0.15) is 23.2 Å². The number of para-hydroxylation sites is 1. The molecule has 0 saturated heterocycles. The van der Waals surface area contributed by atoms with Gasteiger partial charge in [0.1, 0.15) is 11.5 Å². The van der Waals surface area contributed by atoms with Crippen LogP contribution in [0.3, 0.4) is 0 Å². The van der Waals surface area contributed by atoms with Gasteiger partial charge in [-0.15, -0.1) is 0 Å². The largest absolute Gasteiger partial charge is 0.455 e. The van der Waals surface area contributed by atoms with Gasteiger partial charge in [0.25, 0.3) is 5.91 Å². The van der Waals surface area contributed by atoms with Crippen LogP contribution in [0, 0.1) is 0 Å². The number of furan rings is 1. The van der Waals surface area contributed by atoms with E-state index in [1.54, 1.807) is 18.2 Å². The maximum absolute atomic E-state index is 12.8. The Hall–Kier alpha value is -3.84. The summed E-state index contributed by atoms with van der Waals surface area (Å²) in [6.45, 7) is 2.95. The van der Waals surface area contributed by atoms with E-state index in [0.717, 1.165) is 28.4 Å². The average Bonchev–Trinajstić information content (AvgIpc) is 3.41. The van der Waals surface area contributed by atoms with Crippen molar-refractivity contribution in [1.82, 2.24) is 4.57 Å². The highest BCUT2D eigenvalue weighted by molar-refractivity contribution is 7.90. The number of fused-ring (bicyclic) bond motifs is 3. The van der Waals surface area contributed by atoms with E-state index in [1.807, 2.05) is 30.3 Å². The minimum atomic E-state index is -3.56. The number of hydrogen-bond acceptors (Lipinski definition) is 4. The number of aromatic nitrogens is 1. The number of aryl methyl sites for hydroxylation is 1. The number of nitrogens with one attached hydrogen (secondary N) is 1. The number of carbonyl (C=O) groups is 1. The van der Waals surface area contributed by atoms with Crippen molar-refractivity contribution in [2.45, 2.75) is 24.1 Å². The van der Waals surface area contributed by atoms with E-state index in [4.69, 9.17) is 4.42 Å². The van der Waals surface area contributed by atoms with Gasteiger partial charge in [0.2, 0.25) is 0 Å². The first-order valence-corrected chi connectivity index (χ1v) is 12.3. The third-order valence-electron chi connectivity index (χ3n) is 5.67. The average molecular weight is 459 g/mol. The van der Waals surface area contributed by atoms with Gasteiger partial charge in [-0.25, -0.2) is 8.42 Å². The van der Waals surface area contributed by atoms with Crippen molar-refractivity contribution in [3.8, 4) is 0 Å². The summed E-state index contributed by atoms with van der Waals surface area (Å²) < 4.78 is 32.9. The van der Waals surface area contributed by atoms with Crippen molar-refractivity contribution >= 4 is 43.2 Å². The van der Waals surface area contributed by atoms with E-state index >= 15 is 0 Å². The molecule has 166 valence electrons. The monoisotopic (exact) mass is 458 g/mol. The van der Waals surface area contributed by atoms with Gasteiger partial charge in [0.15, 0.2) is 15.6 Å². The molecule has 0 atom stereocenters. The molecule has 7 heteroatoms. The summed E-state index contributed by atoms with van der Waals surface area (Å²) in [6, 6.07) is 25.2. The number of hydrogen-bond donors (Lipinski definition) is 1. The smallest absolute Gasteiger partial charge is 0.291 e. The first-order valence-electron chi connectivity index (χ1n) is 10.6. The van der Waals surface area contributed by atoms with E-state index in [0.29, 0.717) is 5.69 Å². The third kappa shape index (κ3) is 3.91. The molecule has 0 aliphatic carbocycles. The minimum absolute atomic E-state index is 0.0596. The number of amides is 1. The van der Waals surface area contributed by atoms with Crippen LogP contribution in [-0.2, 0) is 22.1 Å². The molecular weight excluding hydrogens is 436 g/mol. The van der Waals surface area contributed by atoms with Crippen molar-refractivity contribution in [2.24, 2.45) is 0 Å². The quantitative estimate of drug-likeness (QED) is 0.357. The van der Waals surface area contributed by atoms with Gasteiger partial charge in [0, 0.05) is 34.0 Å². The molecule has 6 nitrogen and oxygen atoms in total. The summed E-state index contributed by atoms with van der Waals surface area (Å²) in [4.78, 5) is 13.0. The SMILES string of the molecule is CCn1c2ccccc2c2cc(NC(=O)c3ccc(CS(=O)(=O)c4ccccc4)o3)ccc21. The Morgan fingerprint density at radius 1 is 0.879 bits per heavy atom. The molecule has 3 aromatic carbocycles. The molecule has 0 fully saturated rings. The van der Waals surface area contributed by atoms with Crippen molar-refractivity contribution in [1.29, 1.82) is 0 Å². The predicted molar refractivity (Wildman–Crippen MR) is 129 cm³/mol. The van der Waals surface area contributed by atoms with Crippen LogP contribution in [0.4, 0.5) is 5.69 Å². The van der Waals surface area contributed by atoms with Crippen molar-refractivity contribution in [2.75, 3.05) is 5.32 Å². The zero-order valence-corrected chi connectivity index (χ0v) is 18.8. The summed E-state index contributed by atoms with van der Waals surface area (Å²) in [7, 11) is -3.56. The lowest BCUT2D eigenvalue weighted by Crippen LogP contribution is -2.11. The Labute approximate surface area is 191 Å². The Balaban J connectivity index is 1.38. The lowest BCUT2D eigenvalue weighted by atomic mass is 10.1. The Kier molecular flexibility index (Phi) is 5.26. The van der Waals surface area contributed by atoms with Gasteiger partial charge in [-0.05, 0) is 55.5 Å². The van der Waals surface area contributed by atoms with Crippen LogP contribution in [0.15, 0.2) is 94.2 Å². The van der Waals surface area contributed by atoms with E-state index < -0.39 is 15.7 Å². The van der Waals surface area contributed by atoms with Crippen LogP contribution < -0.4 is 5.32 Å². The van der Waals surface area contributed by atoms with Gasteiger partial charge < -0.3 is 14.3 Å². The van der Waals surface area contributed by atoms with Crippen LogP contribution in [-0.4, -0.2) is 18.9 Å². The fourth-order valence-electron chi connectivity index (χ4n) is 4.14. The van der Waals surface area contributed by atoms with Crippen molar-refractivity contribution < 1.29 is 17.6 Å². The second-order valence-corrected chi connectivity index (χ2v) is 9.78. The summed E-state index contributed by atoms with van der Waals surface area (Å²) >= 11 is 0. The summed E-state index contributed by atoms with van der Waals surface area (Å²) in [5.41, 5.74) is 2.89. The first kappa shape index (κ1) is 21.0. The molecule has 0 aliphatic heterocycles. The van der Waals surface area contributed by atoms with E-state index in [1.165, 1.54) is 24.3 Å². The summed E-state index contributed by atoms with van der Waals surface area (Å²) in [6.07, 6.45) is 0. The highest BCUT2D eigenvalue weighted by Gasteiger charge is 2.19. The Morgan fingerprint density at radius 3 is 2.39 bits per heavy atom. The number of benzene rings is 3. The predicted octanol–water partition coefficient (Wildman–Crippen LogP) is 5.63. The minimum Gasteiger partial charge on any atom is -0.455 e. The summed E-state index contributed by atoms with van der Waals surface area (Å²) in [5.74, 6) is -0.473. The zero-order chi connectivity index (χ0) is 23.0. The molecule has 0 unspecified atom stereocenters. The van der Waals surface area contributed by atoms with E-state index in [2.05, 4.69) is 28.9 Å². The molecule has 33 heavy (non-hydrogen) atoms. The molecule has 0 bridgehead atoms. The van der Waals surface area contributed by atoms with E-state index in [9.17, 15) is 13.2 Å². The summed E-state index contributed by atoms with van der Waals surface area (Å²) in [5, 5.41) is 5.04. The van der Waals surface area contributed by atoms with Gasteiger partial charge in [-0.2, -0.15) is 0 Å². The second-order valence-electron chi connectivity index (χ2n) is 7.79. The van der Waals surface area contributed by atoms with Gasteiger partial charge >= 0.3 is 0 Å². The van der Waals surface area contributed by atoms with Gasteiger partial charge in [-0.3, -0.25) is 4.79 Å². The molecule has 0 saturated carbocycles. The molecule has 1 N–H and O–H groups in total. The van der Waals surface area contributed by atoms with Gasteiger partial charge in [0.05, 0.1) is 4.90 Å². The third-order valence-corrected chi connectivity index (χ3v) is 7.32. The first-order chi connectivity index (χ1) is 16.0. The molecular formula is C26H22N2O4S. The molecule has 5 aromatic rings. The number of carbonyl (C=O) groups excluding carboxylic acids is 1. The molecule has 2 heterocycles. The van der Waals surface area contributed by atoms with Crippen LogP contribution in [0.5, 0.6) is 0 Å². The fraction of sp³-hybridized carbons (Fsp3) is 0.115. The van der Waals surface area contributed by atoms with Crippen molar-refractivity contribution in [3.05, 3.63) is 96.4 Å². The highest BCUT2D eigenvalue weighted by Crippen LogP contribution is 2.31. The molecule has 2 aromatic heterocycles. The van der Waals surface area contributed by atoms with E-state index in [-0.39, 0.29) is 22.2 Å². The number of anilines is 1.